The van der Waals surface area contributed by atoms with Crippen molar-refractivity contribution in [3.05, 3.63) is 35.6 Å². The van der Waals surface area contributed by atoms with Crippen molar-refractivity contribution in [2.45, 2.75) is 63.7 Å². The van der Waals surface area contributed by atoms with Crippen LogP contribution in [0.3, 0.4) is 0 Å². The van der Waals surface area contributed by atoms with E-state index in [1.165, 1.54) is 12.1 Å². The first kappa shape index (κ1) is 20.8. The fraction of sp³-hybridized carbons (Fsp3) is 0.609. The van der Waals surface area contributed by atoms with E-state index in [0.717, 1.165) is 37.8 Å². The fourth-order valence-corrected chi connectivity index (χ4v) is 5.46. The molecule has 0 spiro atoms. The van der Waals surface area contributed by atoms with E-state index in [2.05, 4.69) is 11.0 Å². The summed E-state index contributed by atoms with van der Waals surface area (Å²) in [5.74, 6) is -0.384. The van der Waals surface area contributed by atoms with Crippen LogP contribution in [0.25, 0.3) is 0 Å². The largest absolute Gasteiger partial charge is 0.330 e. The summed E-state index contributed by atoms with van der Waals surface area (Å²) in [7, 11) is 0. The molecule has 5 atom stereocenters. The number of likely N-dealkylation sites (tertiary alicyclic amines) is 3. The number of piperazine rings is 1. The highest BCUT2D eigenvalue weighted by atomic mass is 19.1. The second kappa shape index (κ2) is 8.35. The van der Waals surface area contributed by atoms with Crippen LogP contribution in [0.1, 0.15) is 51.1 Å². The van der Waals surface area contributed by atoms with Crippen molar-refractivity contribution in [1.82, 2.24) is 14.7 Å². The van der Waals surface area contributed by atoms with Crippen molar-refractivity contribution in [2.24, 2.45) is 5.92 Å². The lowest BCUT2D eigenvalue weighted by atomic mass is 10.0. The highest BCUT2D eigenvalue weighted by molar-refractivity contribution is 5.86. The molecular formula is C23H29FN4O2. The van der Waals surface area contributed by atoms with Crippen LogP contribution in [-0.4, -0.2) is 64.3 Å². The topological polar surface area (TPSA) is 67.7 Å². The number of rotatable bonds is 6. The molecule has 1 aromatic rings. The molecule has 3 heterocycles. The Balaban J connectivity index is 1.41. The Morgan fingerprint density at radius 2 is 2.07 bits per heavy atom. The van der Waals surface area contributed by atoms with Crippen molar-refractivity contribution < 1.29 is 14.0 Å². The zero-order chi connectivity index (χ0) is 21.4. The van der Waals surface area contributed by atoms with Crippen LogP contribution in [0.5, 0.6) is 0 Å². The molecule has 7 heteroatoms. The van der Waals surface area contributed by atoms with Crippen LogP contribution < -0.4 is 0 Å². The van der Waals surface area contributed by atoms with E-state index in [4.69, 9.17) is 0 Å². The number of hydrogen-bond donors (Lipinski definition) is 0. The molecule has 1 aromatic carbocycles. The second-order valence-corrected chi connectivity index (χ2v) is 8.80. The number of nitriles is 1. The monoisotopic (exact) mass is 412 g/mol. The Kier molecular flexibility index (Phi) is 5.79. The predicted octanol–water partition coefficient (Wildman–Crippen LogP) is 2.71. The summed E-state index contributed by atoms with van der Waals surface area (Å²) in [6.45, 7) is 5.90. The number of carbonyl (C=O) groups is 2. The molecule has 3 fully saturated rings. The van der Waals surface area contributed by atoms with Crippen LogP contribution in [0.4, 0.5) is 4.39 Å². The van der Waals surface area contributed by atoms with Crippen LogP contribution >= 0.6 is 0 Å². The molecule has 0 aliphatic carbocycles. The average Bonchev–Trinajstić information content (AvgIpc) is 3.45. The predicted molar refractivity (Wildman–Crippen MR) is 110 cm³/mol. The van der Waals surface area contributed by atoms with Crippen molar-refractivity contribution >= 4 is 11.8 Å². The molecule has 0 saturated carbocycles. The Morgan fingerprint density at radius 1 is 1.33 bits per heavy atom. The molecule has 160 valence electrons. The smallest absolute Gasteiger partial charge is 0.240 e. The fourth-order valence-electron chi connectivity index (χ4n) is 5.46. The summed E-state index contributed by atoms with van der Waals surface area (Å²) in [5.41, 5.74) is 0.964. The molecule has 2 bridgehead atoms. The first-order valence-corrected chi connectivity index (χ1v) is 11.0. The van der Waals surface area contributed by atoms with Gasteiger partial charge in [-0.25, -0.2) is 4.39 Å². The zero-order valence-electron chi connectivity index (χ0n) is 17.6. The Hall–Kier alpha value is -2.46. The molecule has 0 N–H and O–H groups in total. The maximum absolute atomic E-state index is 13.3. The number of nitrogens with zero attached hydrogens (tertiary/aromatic N) is 4. The maximum Gasteiger partial charge on any atom is 0.240 e. The van der Waals surface area contributed by atoms with Gasteiger partial charge in [-0.05, 0) is 43.4 Å². The van der Waals surface area contributed by atoms with Gasteiger partial charge in [0.2, 0.25) is 11.8 Å². The lowest BCUT2D eigenvalue weighted by molar-refractivity contribution is -0.142. The molecule has 2 amide bonds. The molecule has 0 aromatic heterocycles. The normalized spacial score (nSPS) is 28.1. The van der Waals surface area contributed by atoms with E-state index < -0.39 is 0 Å². The first-order valence-electron chi connectivity index (χ1n) is 11.0. The highest BCUT2D eigenvalue weighted by Gasteiger charge is 2.52. The van der Waals surface area contributed by atoms with E-state index in [9.17, 15) is 19.2 Å². The summed E-state index contributed by atoms with van der Waals surface area (Å²) >= 11 is 0. The van der Waals surface area contributed by atoms with E-state index in [0.29, 0.717) is 13.1 Å². The maximum atomic E-state index is 13.3. The lowest BCUT2D eigenvalue weighted by Gasteiger charge is -2.39. The van der Waals surface area contributed by atoms with Gasteiger partial charge in [-0.15, -0.1) is 0 Å². The number of benzene rings is 1. The van der Waals surface area contributed by atoms with Crippen molar-refractivity contribution in [3.8, 4) is 6.07 Å². The molecule has 4 rings (SSSR count). The molecule has 30 heavy (non-hydrogen) atoms. The van der Waals surface area contributed by atoms with Gasteiger partial charge in [0.15, 0.2) is 0 Å². The Labute approximate surface area is 177 Å². The van der Waals surface area contributed by atoms with Crippen LogP contribution in [0.2, 0.25) is 0 Å². The average molecular weight is 413 g/mol. The van der Waals surface area contributed by atoms with Crippen molar-refractivity contribution in [3.63, 3.8) is 0 Å². The van der Waals surface area contributed by atoms with Gasteiger partial charge in [0.05, 0.1) is 18.2 Å². The molecule has 6 nitrogen and oxygen atoms in total. The number of carbonyl (C=O) groups excluding carboxylic acids is 2. The molecule has 3 aliphatic rings. The van der Waals surface area contributed by atoms with Gasteiger partial charge < -0.3 is 9.80 Å². The summed E-state index contributed by atoms with van der Waals surface area (Å²) in [6, 6.07) is 8.23. The molecule has 0 unspecified atom stereocenters. The quantitative estimate of drug-likeness (QED) is 0.721. The van der Waals surface area contributed by atoms with Gasteiger partial charge in [0.25, 0.3) is 0 Å². The second-order valence-electron chi connectivity index (χ2n) is 8.80. The molecule has 3 aliphatic heterocycles. The minimum Gasteiger partial charge on any atom is -0.330 e. The first-order chi connectivity index (χ1) is 14.4. The van der Waals surface area contributed by atoms with Gasteiger partial charge in [-0.3, -0.25) is 14.5 Å². The summed E-state index contributed by atoms with van der Waals surface area (Å²) in [6.07, 6.45) is 3.18. The Morgan fingerprint density at radius 3 is 2.70 bits per heavy atom. The Bertz CT molecular complexity index is 852. The third kappa shape index (κ3) is 3.58. The SMILES string of the molecule is CC[C@H](c1ccc(F)cc1)N1C(=O)[C@H]2C[C@@H]1CN2C[C@H](C)C(=O)N1CCC[C@H]1C#N. The van der Waals surface area contributed by atoms with E-state index in [1.807, 2.05) is 18.7 Å². The third-order valence-electron chi connectivity index (χ3n) is 6.91. The van der Waals surface area contributed by atoms with E-state index in [1.54, 1.807) is 17.0 Å². The van der Waals surface area contributed by atoms with E-state index in [-0.39, 0.29) is 47.7 Å². The molecule has 3 saturated heterocycles. The summed E-state index contributed by atoms with van der Waals surface area (Å²) in [5, 5.41) is 9.26. The van der Waals surface area contributed by atoms with Crippen LogP contribution in [0.15, 0.2) is 24.3 Å². The van der Waals surface area contributed by atoms with Gasteiger partial charge in [0.1, 0.15) is 11.9 Å². The summed E-state index contributed by atoms with van der Waals surface area (Å²) < 4.78 is 13.3. The van der Waals surface area contributed by atoms with Gasteiger partial charge in [0, 0.05) is 31.6 Å². The molecular weight excluding hydrogens is 383 g/mol. The summed E-state index contributed by atoms with van der Waals surface area (Å²) in [4.78, 5) is 31.9. The van der Waals surface area contributed by atoms with Crippen LogP contribution in [0, 0.1) is 23.1 Å². The highest BCUT2D eigenvalue weighted by Crippen LogP contribution is 2.39. The number of halogens is 1. The zero-order valence-corrected chi connectivity index (χ0v) is 17.6. The van der Waals surface area contributed by atoms with E-state index >= 15 is 0 Å². The van der Waals surface area contributed by atoms with Gasteiger partial charge >= 0.3 is 0 Å². The number of hydrogen-bond acceptors (Lipinski definition) is 4. The molecule has 0 radical (unpaired) electrons. The van der Waals surface area contributed by atoms with Gasteiger partial charge in [-0.2, -0.15) is 5.26 Å². The minimum absolute atomic E-state index is 0.0175. The minimum atomic E-state index is -0.312. The van der Waals surface area contributed by atoms with Crippen LogP contribution in [-0.2, 0) is 9.59 Å². The van der Waals surface area contributed by atoms with Crippen molar-refractivity contribution in [1.29, 1.82) is 5.26 Å². The number of fused-ring (bicyclic) bond motifs is 2. The number of amides is 2. The standard InChI is InChI=1S/C23H29FN4O2/c1-3-20(16-6-8-17(24)9-7-16)28-19-11-21(23(28)30)26(14-19)13-15(2)22(29)27-10-4-5-18(27)12-25/h6-9,15,18-21H,3-5,10-11,13-14H2,1-2H3/t15-,18-,19+,20+,21+/m0/s1. The third-order valence-corrected chi connectivity index (χ3v) is 6.91. The lowest BCUT2D eigenvalue weighted by Crippen LogP contribution is -2.53. The van der Waals surface area contributed by atoms with Crippen molar-refractivity contribution in [2.75, 3.05) is 19.6 Å². The van der Waals surface area contributed by atoms with Gasteiger partial charge in [-0.1, -0.05) is 26.0 Å².